The smallest absolute Gasteiger partial charge is 0.149 e. The summed E-state index contributed by atoms with van der Waals surface area (Å²) >= 11 is 0. The summed E-state index contributed by atoms with van der Waals surface area (Å²) in [5.74, 6) is 1.30. The van der Waals surface area contributed by atoms with Gasteiger partial charge in [0.2, 0.25) is 0 Å². The van der Waals surface area contributed by atoms with Gasteiger partial charge in [0.15, 0.2) is 0 Å². The average Bonchev–Trinajstić information content (AvgIpc) is 2.51. The van der Waals surface area contributed by atoms with E-state index in [-0.39, 0.29) is 6.04 Å². The van der Waals surface area contributed by atoms with Gasteiger partial charge in [0, 0.05) is 24.8 Å². The Morgan fingerprint density at radius 1 is 1.39 bits per heavy atom. The maximum absolute atomic E-state index is 5.89. The Morgan fingerprint density at radius 3 is 2.83 bits per heavy atom. The molecule has 1 aromatic heterocycles. The van der Waals surface area contributed by atoms with Crippen LogP contribution >= 0.6 is 0 Å². The molecule has 0 radical (unpaired) electrons. The Labute approximate surface area is 108 Å². The minimum atomic E-state index is 0.201. The van der Waals surface area contributed by atoms with Crippen molar-refractivity contribution < 1.29 is 0 Å². The van der Waals surface area contributed by atoms with Crippen LogP contribution in [-0.4, -0.2) is 53.5 Å². The van der Waals surface area contributed by atoms with Crippen LogP contribution in [0.2, 0.25) is 0 Å². The number of nitrogen functional groups attached to an aromatic ring is 1. The molecule has 0 saturated carbocycles. The van der Waals surface area contributed by atoms with Crippen molar-refractivity contribution in [2.24, 2.45) is 5.73 Å². The van der Waals surface area contributed by atoms with Crippen molar-refractivity contribution in [2.45, 2.75) is 19.0 Å². The molecule has 0 bridgehead atoms. The Hall–Kier alpha value is -1.24. The number of rotatable bonds is 2. The second kappa shape index (κ2) is 5.60. The first-order valence-corrected chi connectivity index (χ1v) is 6.32. The standard InChI is InChI=1S/C12H22N6/c1-17-4-3-5-18(2)10(8-17)12-15-7-9(6-13)11(14)16-12/h7,10H,3-6,8,13H2,1-2H3,(H2,14,15,16). The Kier molecular flexibility index (Phi) is 4.11. The summed E-state index contributed by atoms with van der Waals surface area (Å²) in [6.07, 6.45) is 2.91. The van der Waals surface area contributed by atoms with Crippen LogP contribution in [0.15, 0.2) is 6.20 Å². The molecule has 1 aliphatic heterocycles. The van der Waals surface area contributed by atoms with Crippen molar-refractivity contribution in [3.8, 4) is 0 Å². The lowest BCUT2D eigenvalue weighted by atomic mass is 10.2. The van der Waals surface area contributed by atoms with Crippen LogP contribution in [0, 0.1) is 0 Å². The first-order valence-electron chi connectivity index (χ1n) is 6.32. The van der Waals surface area contributed by atoms with Gasteiger partial charge in [-0.05, 0) is 33.6 Å². The fourth-order valence-electron chi connectivity index (χ4n) is 2.30. The monoisotopic (exact) mass is 250 g/mol. The summed E-state index contributed by atoms with van der Waals surface area (Å²) in [5, 5.41) is 0. The lowest BCUT2D eigenvalue weighted by Gasteiger charge is -2.26. The van der Waals surface area contributed by atoms with E-state index in [1.807, 2.05) is 0 Å². The van der Waals surface area contributed by atoms with Gasteiger partial charge in [-0.1, -0.05) is 0 Å². The number of aromatic nitrogens is 2. The van der Waals surface area contributed by atoms with Crippen LogP contribution < -0.4 is 11.5 Å². The summed E-state index contributed by atoms with van der Waals surface area (Å²) in [6.45, 7) is 3.47. The van der Waals surface area contributed by atoms with Crippen molar-refractivity contribution in [1.82, 2.24) is 19.8 Å². The van der Waals surface area contributed by atoms with E-state index in [2.05, 4.69) is 33.9 Å². The molecule has 4 N–H and O–H groups in total. The van der Waals surface area contributed by atoms with Gasteiger partial charge < -0.3 is 16.4 Å². The van der Waals surface area contributed by atoms with Crippen LogP contribution in [0.25, 0.3) is 0 Å². The van der Waals surface area contributed by atoms with Crippen molar-refractivity contribution >= 4 is 5.82 Å². The number of anilines is 1. The van der Waals surface area contributed by atoms with Crippen LogP contribution in [-0.2, 0) is 6.54 Å². The third-order valence-corrected chi connectivity index (χ3v) is 3.50. The molecule has 1 aliphatic rings. The van der Waals surface area contributed by atoms with Gasteiger partial charge in [0.1, 0.15) is 11.6 Å². The third kappa shape index (κ3) is 2.77. The Balaban J connectivity index is 2.25. The minimum absolute atomic E-state index is 0.201. The average molecular weight is 250 g/mol. The van der Waals surface area contributed by atoms with Gasteiger partial charge in [-0.15, -0.1) is 0 Å². The molecular formula is C12H22N6. The van der Waals surface area contributed by atoms with E-state index in [0.29, 0.717) is 12.4 Å². The number of nitrogens with two attached hydrogens (primary N) is 2. The maximum atomic E-state index is 5.89. The normalized spacial score (nSPS) is 22.9. The van der Waals surface area contributed by atoms with Crippen molar-refractivity contribution in [2.75, 3.05) is 39.5 Å². The summed E-state index contributed by atoms with van der Waals surface area (Å²) in [7, 11) is 4.24. The van der Waals surface area contributed by atoms with Gasteiger partial charge in [-0.3, -0.25) is 4.90 Å². The zero-order chi connectivity index (χ0) is 13.1. The fourth-order valence-corrected chi connectivity index (χ4v) is 2.30. The number of nitrogens with zero attached hydrogens (tertiary/aromatic N) is 4. The molecule has 1 atom stereocenters. The second-order valence-corrected chi connectivity index (χ2v) is 4.96. The van der Waals surface area contributed by atoms with E-state index in [9.17, 15) is 0 Å². The number of likely N-dealkylation sites (N-methyl/N-ethyl adjacent to an activating group) is 2. The van der Waals surface area contributed by atoms with Crippen molar-refractivity contribution in [3.63, 3.8) is 0 Å². The lowest BCUT2D eigenvalue weighted by Crippen LogP contribution is -2.32. The van der Waals surface area contributed by atoms with E-state index in [4.69, 9.17) is 11.5 Å². The van der Waals surface area contributed by atoms with Crippen molar-refractivity contribution in [1.29, 1.82) is 0 Å². The summed E-state index contributed by atoms with van der Waals surface area (Å²) < 4.78 is 0. The molecule has 2 heterocycles. The van der Waals surface area contributed by atoms with Crippen LogP contribution in [0.5, 0.6) is 0 Å². The minimum Gasteiger partial charge on any atom is -0.383 e. The number of hydrogen-bond acceptors (Lipinski definition) is 6. The van der Waals surface area contributed by atoms with E-state index >= 15 is 0 Å². The van der Waals surface area contributed by atoms with Crippen LogP contribution in [0.1, 0.15) is 23.9 Å². The van der Waals surface area contributed by atoms with Crippen LogP contribution in [0.3, 0.4) is 0 Å². The van der Waals surface area contributed by atoms with E-state index in [0.717, 1.165) is 31.0 Å². The highest BCUT2D eigenvalue weighted by Gasteiger charge is 2.24. The molecule has 1 unspecified atom stereocenters. The molecule has 1 aromatic rings. The van der Waals surface area contributed by atoms with Crippen LogP contribution in [0.4, 0.5) is 5.82 Å². The quantitative estimate of drug-likeness (QED) is 0.758. The highest BCUT2D eigenvalue weighted by Crippen LogP contribution is 2.21. The predicted octanol–water partition coefficient (Wildman–Crippen LogP) is -0.174. The summed E-state index contributed by atoms with van der Waals surface area (Å²) in [6, 6.07) is 0.201. The molecule has 0 amide bonds. The molecule has 1 fully saturated rings. The molecule has 0 aliphatic carbocycles. The molecular weight excluding hydrogens is 228 g/mol. The topological polar surface area (TPSA) is 84.3 Å². The highest BCUT2D eigenvalue weighted by atomic mass is 15.2. The van der Waals surface area contributed by atoms with Gasteiger partial charge in [-0.2, -0.15) is 0 Å². The Bertz CT molecular complexity index is 408. The second-order valence-electron chi connectivity index (χ2n) is 4.96. The number of hydrogen-bond donors (Lipinski definition) is 2. The van der Waals surface area contributed by atoms with Gasteiger partial charge >= 0.3 is 0 Å². The first-order chi connectivity index (χ1) is 8.61. The molecule has 6 heteroatoms. The van der Waals surface area contributed by atoms with Gasteiger partial charge in [0.05, 0.1) is 6.04 Å². The zero-order valence-electron chi connectivity index (χ0n) is 11.1. The zero-order valence-corrected chi connectivity index (χ0v) is 11.1. The van der Waals surface area contributed by atoms with E-state index < -0.39 is 0 Å². The van der Waals surface area contributed by atoms with Crippen molar-refractivity contribution in [3.05, 3.63) is 17.6 Å². The third-order valence-electron chi connectivity index (χ3n) is 3.50. The van der Waals surface area contributed by atoms with Gasteiger partial charge in [0.25, 0.3) is 0 Å². The van der Waals surface area contributed by atoms with E-state index in [1.165, 1.54) is 6.42 Å². The molecule has 6 nitrogen and oxygen atoms in total. The van der Waals surface area contributed by atoms with E-state index in [1.54, 1.807) is 6.20 Å². The molecule has 18 heavy (non-hydrogen) atoms. The lowest BCUT2D eigenvalue weighted by molar-refractivity contribution is 0.219. The first kappa shape index (κ1) is 13.2. The molecule has 0 aromatic carbocycles. The summed E-state index contributed by atoms with van der Waals surface area (Å²) in [5.41, 5.74) is 12.3. The van der Waals surface area contributed by atoms with Gasteiger partial charge in [-0.25, -0.2) is 9.97 Å². The Morgan fingerprint density at radius 2 is 2.17 bits per heavy atom. The SMILES string of the molecule is CN1CCCN(C)C(c2ncc(CN)c(N)n2)C1. The fraction of sp³-hybridized carbons (Fsp3) is 0.667. The predicted molar refractivity (Wildman–Crippen MR) is 71.8 cm³/mol. The summed E-state index contributed by atoms with van der Waals surface area (Å²) in [4.78, 5) is 13.4. The molecule has 100 valence electrons. The maximum Gasteiger partial charge on any atom is 0.149 e. The largest absolute Gasteiger partial charge is 0.383 e. The molecule has 2 rings (SSSR count). The molecule has 0 spiro atoms. The highest BCUT2D eigenvalue weighted by molar-refractivity contribution is 5.37. The molecule has 1 saturated heterocycles.